The monoisotopic (exact) mass is 328 g/mol. The predicted octanol–water partition coefficient (Wildman–Crippen LogP) is 2.29. The summed E-state index contributed by atoms with van der Waals surface area (Å²) in [4.78, 5) is 10.6. The van der Waals surface area contributed by atoms with Crippen molar-refractivity contribution >= 4 is 40.3 Å². The maximum Gasteiger partial charge on any atom is 0.305 e. The highest BCUT2D eigenvalue weighted by molar-refractivity contribution is 7.95. The van der Waals surface area contributed by atoms with E-state index < -0.39 is 39.2 Å². The normalized spacial score (nSPS) is 15.0. The third kappa shape index (κ3) is 5.16. The molecule has 0 aliphatic rings. The first-order chi connectivity index (χ1) is 8.72. The van der Waals surface area contributed by atoms with E-state index >= 15 is 0 Å². The van der Waals surface area contributed by atoms with Gasteiger partial charge in [0.25, 0.3) is 3.67 Å². The van der Waals surface area contributed by atoms with Crippen molar-refractivity contribution in [1.82, 2.24) is 0 Å². The van der Waals surface area contributed by atoms with Crippen molar-refractivity contribution in [3.05, 3.63) is 30.1 Å². The third-order valence-electron chi connectivity index (χ3n) is 2.18. The lowest BCUT2D eigenvalue weighted by Crippen LogP contribution is -2.32. The van der Waals surface area contributed by atoms with Gasteiger partial charge in [-0.2, -0.15) is 0 Å². The van der Waals surface area contributed by atoms with Gasteiger partial charge in [-0.3, -0.25) is 4.79 Å². The van der Waals surface area contributed by atoms with Crippen LogP contribution in [0.4, 0.5) is 4.39 Å². The summed E-state index contributed by atoms with van der Waals surface area (Å²) in [6, 6.07) is 4.72. The van der Waals surface area contributed by atoms with Crippen LogP contribution in [0.5, 0.6) is 0 Å². The third-order valence-corrected chi connectivity index (χ3v) is 4.74. The number of aliphatic hydroxyl groups is 1. The van der Waals surface area contributed by atoms with Crippen LogP contribution in [-0.4, -0.2) is 30.5 Å². The van der Waals surface area contributed by atoms with E-state index in [0.29, 0.717) is 0 Å². The van der Waals surface area contributed by atoms with Crippen molar-refractivity contribution in [3.63, 3.8) is 0 Å². The number of rotatable bonds is 6. The van der Waals surface area contributed by atoms with Gasteiger partial charge in [-0.1, -0.05) is 0 Å². The molecule has 2 unspecified atom stereocenters. The molecule has 0 saturated heterocycles. The number of aliphatic carboxylic acids is 1. The van der Waals surface area contributed by atoms with Gasteiger partial charge in [-0.05, 0) is 47.5 Å². The van der Waals surface area contributed by atoms with Crippen molar-refractivity contribution in [3.8, 4) is 0 Å². The second-order valence-corrected chi connectivity index (χ2v) is 7.45. The first-order valence-electron chi connectivity index (χ1n) is 5.17. The topological polar surface area (TPSA) is 80.6 Å². The van der Waals surface area contributed by atoms with Gasteiger partial charge < -0.3 is 14.8 Å². The second-order valence-electron chi connectivity index (χ2n) is 3.82. The highest BCUT2D eigenvalue weighted by atomic mass is 35.5. The molecule has 0 radical (unpaired) electrons. The molecule has 0 saturated carbocycles. The van der Waals surface area contributed by atoms with Crippen LogP contribution >= 0.6 is 23.2 Å². The van der Waals surface area contributed by atoms with E-state index in [0.717, 1.165) is 12.1 Å². The number of halogens is 3. The Morgan fingerprint density at radius 3 is 2.42 bits per heavy atom. The van der Waals surface area contributed by atoms with E-state index in [9.17, 15) is 18.8 Å². The van der Waals surface area contributed by atoms with E-state index in [1.165, 1.54) is 12.1 Å². The smallest absolute Gasteiger partial charge is 0.305 e. The maximum absolute atomic E-state index is 12.7. The van der Waals surface area contributed by atoms with Crippen LogP contribution < -0.4 is 0 Å². The zero-order chi connectivity index (χ0) is 14.6. The van der Waals surface area contributed by atoms with Crippen LogP contribution in [0.1, 0.15) is 12.8 Å². The van der Waals surface area contributed by atoms with Crippen LogP contribution in [0.25, 0.3) is 0 Å². The summed E-state index contributed by atoms with van der Waals surface area (Å²) in [5.41, 5.74) is 0. The lowest BCUT2D eigenvalue weighted by atomic mass is 10.2. The molecule has 0 amide bonds. The quantitative estimate of drug-likeness (QED) is 0.620. The number of carboxylic acid groups (broad SMARTS) is 1. The van der Waals surface area contributed by atoms with Gasteiger partial charge >= 0.3 is 5.97 Å². The summed E-state index contributed by atoms with van der Waals surface area (Å²) < 4.78 is 22.9. The van der Waals surface area contributed by atoms with Crippen LogP contribution in [-0.2, 0) is 16.0 Å². The molecule has 0 aliphatic heterocycles. The summed E-state index contributed by atoms with van der Waals surface area (Å²) in [7, 11) is 0. The van der Waals surface area contributed by atoms with Gasteiger partial charge in [-0.25, -0.2) is 4.39 Å². The molecule has 4 nitrogen and oxygen atoms in total. The van der Waals surface area contributed by atoms with E-state index in [1.54, 1.807) is 0 Å². The maximum atomic E-state index is 12.7. The molecule has 1 rings (SSSR count). The SMILES string of the molecule is O=C(O)CC(O)CC(Cl)(Cl)[S+]([O-])c1ccc(F)cc1. The molecule has 1 aromatic rings. The van der Waals surface area contributed by atoms with Crippen LogP contribution in [0.2, 0.25) is 0 Å². The fraction of sp³-hybridized carbons (Fsp3) is 0.364. The van der Waals surface area contributed by atoms with Crippen LogP contribution in [0.15, 0.2) is 29.2 Å². The highest BCUT2D eigenvalue weighted by Gasteiger charge is 2.42. The standard InChI is InChI=1S/C11H11Cl2FO4S/c12-11(13,6-8(15)5-10(16)17)19(18)9-3-1-7(14)2-4-9/h1-4,8,15H,5-6H2,(H,16,17). The summed E-state index contributed by atoms with van der Waals surface area (Å²) >= 11 is 9.79. The number of benzene rings is 1. The number of hydrogen-bond donors (Lipinski definition) is 2. The van der Waals surface area contributed by atoms with Gasteiger partial charge in [0, 0.05) is 11.2 Å². The molecule has 0 fully saturated rings. The first-order valence-corrected chi connectivity index (χ1v) is 7.08. The molecule has 2 N–H and O–H groups in total. The molecule has 19 heavy (non-hydrogen) atoms. The average Bonchev–Trinajstić information content (AvgIpc) is 2.27. The predicted molar refractivity (Wildman–Crippen MR) is 70.1 cm³/mol. The van der Waals surface area contributed by atoms with E-state index in [2.05, 4.69) is 0 Å². The minimum absolute atomic E-state index is 0.189. The van der Waals surface area contributed by atoms with Crippen LogP contribution in [0, 0.1) is 5.82 Å². The first kappa shape index (κ1) is 16.5. The highest BCUT2D eigenvalue weighted by Crippen LogP contribution is 2.38. The fourth-order valence-corrected chi connectivity index (χ4v) is 3.32. The fourth-order valence-electron chi connectivity index (χ4n) is 1.35. The number of carbonyl (C=O) groups is 1. The van der Waals surface area contributed by atoms with E-state index in [1.807, 2.05) is 0 Å². The Labute approximate surface area is 122 Å². The van der Waals surface area contributed by atoms with Gasteiger partial charge in [0.1, 0.15) is 5.82 Å². The van der Waals surface area contributed by atoms with Crippen molar-refractivity contribution in [2.75, 3.05) is 0 Å². The summed E-state index contributed by atoms with van der Waals surface area (Å²) in [6.45, 7) is 0. The molecule has 0 spiro atoms. The summed E-state index contributed by atoms with van der Waals surface area (Å²) in [5, 5.41) is 18.0. The van der Waals surface area contributed by atoms with Gasteiger partial charge in [0.2, 0.25) is 0 Å². The van der Waals surface area contributed by atoms with E-state index in [4.69, 9.17) is 28.3 Å². The number of aliphatic hydroxyl groups excluding tert-OH is 1. The Kier molecular flexibility index (Phi) is 5.88. The molecule has 0 heterocycles. The van der Waals surface area contributed by atoms with Crippen molar-refractivity contribution < 1.29 is 24.0 Å². The van der Waals surface area contributed by atoms with Gasteiger partial charge in [0.15, 0.2) is 4.90 Å². The summed E-state index contributed by atoms with van der Waals surface area (Å²) in [6.07, 6.45) is -2.26. The minimum atomic E-state index is -1.93. The molecule has 0 aliphatic carbocycles. The second kappa shape index (κ2) is 6.76. The minimum Gasteiger partial charge on any atom is -0.609 e. The Bertz CT molecular complexity index is 441. The molecule has 0 aromatic heterocycles. The molecule has 2 atom stereocenters. The van der Waals surface area contributed by atoms with Crippen molar-refractivity contribution in [1.29, 1.82) is 0 Å². The zero-order valence-corrected chi connectivity index (χ0v) is 11.9. The largest absolute Gasteiger partial charge is 0.609 e. The molecule has 0 bridgehead atoms. The molecule has 8 heteroatoms. The molecular formula is C11H11Cl2FO4S. The summed E-state index contributed by atoms with van der Waals surface area (Å²) in [5.74, 6) is -1.72. The molecule has 1 aromatic carbocycles. The Morgan fingerprint density at radius 1 is 1.42 bits per heavy atom. The molecular weight excluding hydrogens is 318 g/mol. The van der Waals surface area contributed by atoms with E-state index in [-0.39, 0.29) is 11.3 Å². The van der Waals surface area contributed by atoms with Gasteiger partial charge in [-0.15, -0.1) is 0 Å². The van der Waals surface area contributed by atoms with Crippen LogP contribution in [0.3, 0.4) is 0 Å². The number of hydrogen-bond acceptors (Lipinski definition) is 3. The molecule has 106 valence electrons. The van der Waals surface area contributed by atoms with Crippen molar-refractivity contribution in [2.24, 2.45) is 0 Å². The zero-order valence-electron chi connectivity index (χ0n) is 9.55. The van der Waals surface area contributed by atoms with Gasteiger partial charge in [0.05, 0.1) is 18.9 Å². The number of alkyl halides is 2. The lowest BCUT2D eigenvalue weighted by molar-refractivity contribution is -0.139. The average molecular weight is 329 g/mol. The Morgan fingerprint density at radius 2 is 1.95 bits per heavy atom. The Balaban J connectivity index is 2.75. The number of carboxylic acids is 1. The Hall–Kier alpha value is -0.530. The van der Waals surface area contributed by atoms with Crippen molar-refractivity contribution in [2.45, 2.75) is 27.5 Å². The lowest BCUT2D eigenvalue weighted by Gasteiger charge is -2.25.